The van der Waals surface area contributed by atoms with Crippen molar-refractivity contribution in [3.8, 4) is 34.5 Å². The van der Waals surface area contributed by atoms with Crippen LogP contribution in [0.4, 0.5) is 0 Å². The second kappa shape index (κ2) is 36.8. The molecule has 0 aromatic heterocycles. The van der Waals surface area contributed by atoms with Gasteiger partial charge in [-0.2, -0.15) is 0 Å². The zero-order chi connectivity index (χ0) is 69.3. The molecule has 4 aliphatic rings. The van der Waals surface area contributed by atoms with E-state index in [0.29, 0.717) is 77.0 Å². The van der Waals surface area contributed by atoms with Crippen molar-refractivity contribution >= 4 is 77.6 Å². The first-order valence-electron chi connectivity index (χ1n) is 32.1. The van der Waals surface area contributed by atoms with E-state index in [4.69, 9.17) is 61.6 Å². The highest BCUT2D eigenvalue weighted by Crippen LogP contribution is 2.38. The molecule has 96 heavy (non-hydrogen) atoms. The number of carbonyl (C=O) groups excluding carboxylic acids is 13. The smallest absolute Gasteiger partial charge is 0.341 e. The molecule has 0 unspecified atom stereocenters. The Morgan fingerprint density at radius 3 is 0.740 bits per heavy atom. The molecule has 0 aliphatic heterocycles. The highest BCUT2D eigenvalue weighted by molar-refractivity contribution is 5.96. The van der Waals surface area contributed by atoms with E-state index in [-0.39, 0.29) is 141 Å². The Morgan fingerprint density at radius 2 is 0.521 bits per heavy atom. The quantitative estimate of drug-likeness (QED) is 0.0205. The average Bonchev–Trinajstić information content (AvgIpc) is 0.855. The first-order chi connectivity index (χ1) is 46.2. The van der Waals surface area contributed by atoms with Gasteiger partial charge in [-0.25, -0.2) is 24.0 Å². The lowest BCUT2D eigenvalue weighted by Crippen LogP contribution is -2.31. The molecule has 0 bridgehead atoms. The predicted octanol–water partition coefficient (Wildman–Crippen LogP) is 9.21. The van der Waals surface area contributed by atoms with E-state index >= 15 is 0 Å². The molecule has 0 N–H and O–H groups in total. The monoisotopic (exact) mass is 1340 g/mol. The SMILES string of the molecule is C=CC(=O)OCCCCOC(=O)C1CCC(C(=O)Oc2ccc(OC(=O)C3CCC(C(=O)Oc4ccc(OC(=O)C5CCC(C(=O)Oc6ccc(OC(=O)C7CCC(C(=O)OCCCCOC(=O)C=C)CC7)c(C(=O)OC)c6)CC5)c(C(=O)OC)c4)CC3)cc2C(=O)OC)CC1. The summed E-state index contributed by atoms with van der Waals surface area (Å²) in [6, 6.07) is 11.7. The van der Waals surface area contributed by atoms with Gasteiger partial charge in [-0.1, -0.05) is 13.2 Å². The highest BCUT2D eigenvalue weighted by Gasteiger charge is 2.38. The van der Waals surface area contributed by atoms with E-state index in [2.05, 4.69) is 13.2 Å². The van der Waals surface area contributed by atoms with Crippen LogP contribution in [0.25, 0.3) is 0 Å². The van der Waals surface area contributed by atoms with Crippen LogP contribution in [0.15, 0.2) is 79.9 Å². The molecular formula is C70H80O26. The van der Waals surface area contributed by atoms with Gasteiger partial charge in [0.25, 0.3) is 0 Å². The van der Waals surface area contributed by atoms with Crippen LogP contribution >= 0.6 is 0 Å². The molecule has 0 radical (unpaired) electrons. The minimum Gasteiger partial charge on any atom is -0.465 e. The number of rotatable bonds is 29. The van der Waals surface area contributed by atoms with Gasteiger partial charge in [0.1, 0.15) is 51.2 Å². The lowest BCUT2D eigenvalue weighted by Gasteiger charge is -2.26. The standard InChI is InChI=1S/C70H80O26/c1-6-58(71)87-34-8-10-36-89-60(73)41-12-16-46(17-13-41)65(78)94-55-31-28-49(38-52(55)68(81)84-3)91-62(75)43-20-22-44(23-21-43)63(76)92-50-30-33-57(54(39-50)70(83)86-5)96-67(80)48-26-24-45(25-27-48)64(77)93-51-29-32-56(53(40-51)69(82)85-4)95-66(79)47-18-14-42(15-19-47)61(74)90-37-11-9-35-88-59(72)7-2/h6-7,28-33,38-48H,1-2,8-27,34-37H2,3-5H3. The summed E-state index contributed by atoms with van der Waals surface area (Å²) in [5.74, 6) is -13.2. The molecule has 4 fully saturated rings. The molecule has 7 rings (SSSR count). The fourth-order valence-electron chi connectivity index (χ4n) is 11.7. The topological polar surface area (TPSA) is 342 Å². The molecule has 0 atom stereocenters. The largest absolute Gasteiger partial charge is 0.465 e. The van der Waals surface area contributed by atoms with Crippen molar-refractivity contribution in [1.29, 1.82) is 0 Å². The first kappa shape index (κ1) is 73.7. The van der Waals surface area contributed by atoms with Crippen LogP contribution in [-0.4, -0.2) is 125 Å². The molecule has 3 aromatic carbocycles. The van der Waals surface area contributed by atoms with E-state index in [9.17, 15) is 62.3 Å². The van der Waals surface area contributed by atoms with Crippen LogP contribution in [0.5, 0.6) is 34.5 Å². The summed E-state index contributed by atoms with van der Waals surface area (Å²) < 4.78 is 69.4. The number of hydrogen-bond acceptors (Lipinski definition) is 26. The maximum Gasteiger partial charge on any atom is 0.341 e. The summed E-state index contributed by atoms with van der Waals surface area (Å²) in [7, 11) is 3.40. The maximum absolute atomic E-state index is 13.6. The maximum atomic E-state index is 13.6. The molecule has 4 saturated carbocycles. The van der Waals surface area contributed by atoms with E-state index in [0.717, 1.165) is 33.5 Å². The molecule has 0 heterocycles. The Kier molecular flexibility index (Phi) is 28.2. The van der Waals surface area contributed by atoms with Gasteiger partial charge in [0.2, 0.25) is 0 Å². The van der Waals surface area contributed by atoms with Crippen LogP contribution in [-0.2, 0) is 81.1 Å². The van der Waals surface area contributed by atoms with E-state index in [1.807, 2.05) is 0 Å². The molecule has 4 aliphatic carbocycles. The van der Waals surface area contributed by atoms with Crippen LogP contribution in [0.1, 0.15) is 159 Å². The lowest BCUT2D eigenvalue weighted by molar-refractivity contribution is -0.152. The molecule has 26 nitrogen and oxygen atoms in total. The molecule has 516 valence electrons. The van der Waals surface area contributed by atoms with Crippen molar-refractivity contribution in [2.45, 2.75) is 128 Å². The van der Waals surface area contributed by atoms with E-state index < -0.39 is 113 Å². The Bertz CT molecular complexity index is 3350. The number of ether oxygens (including phenoxy) is 13. The number of benzene rings is 3. The van der Waals surface area contributed by atoms with Crippen LogP contribution in [0.3, 0.4) is 0 Å². The Morgan fingerprint density at radius 1 is 0.312 bits per heavy atom. The summed E-state index contributed by atoms with van der Waals surface area (Å²) in [6.45, 7) is 7.35. The van der Waals surface area contributed by atoms with Crippen LogP contribution < -0.4 is 28.4 Å². The molecule has 3 aromatic rings. The zero-order valence-corrected chi connectivity index (χ0v) is 54.0. The number of hydrogen-bond donors (Lipinski definition) is 0. The molecule has 0 spiro atoms. The Labute approximate surface area is 554 Å². The molecule has 0 saturated heterocycles. The number of carbonyl (C=O) groups is 13. The van der Waals surface area contributed by atoms with Gasteiger partial charge in [0.05, 0.1) is 95.1 Å². The summed E-state index contributed by atoms with van der Waals surface area (Å²) in [5.41, 5.74) is -0.544. The van der Waals surface area contributed by atoms with Crippen molar-refractivity contribution in [3.63, 3.8) is 0 Å². The van der Waals surface area contributed by atoms with Crippen molar-refractivity contribution in [1.82, 2.24) is 0 Å². The lowest BCUT2D eigenvalue weighted by atomic mass is 9.82. The Hall–Kier alpha value is -9.75. The van der Waals surface area contributed by atoms with Crippen molar-refractivity contribution in [3.05, 3.63) is 96.6 Å². The number of methoxy groups -OCH3 is 3. The van der Waals surface area contributed by atoms with Crippen molar-refractivity contribution in [2.24, 2.45) is 47.3 Å². The third kappa shape index (κ3) is 21.4. The zero-order valence-electron chi connectivity index (χ0n) is 54.0. The van der Waals surface area contributed by atoms with Gasteiger partial charge in [0, 0.05) is 12.2 Å². The van der Waals surface area contributed by atoms with Gasteiger partial charge < -0.3 is 61.6 Å². The second-order valence-electron chi connectivity index (χ2n) is 23.7. The number of esters is 13. The summed E-state index contributed by atoms with van der Waals surface area (Å²) in [4.78, 5) is 167. The van der Waals surface area contributed by atoms with Gasteiger partial charge in [-0.3, -0.25) is 38.4 Å². The summed E-state index contributed by atoms with van der Waals surface area (Å²) >= 11 is 0. The van der Waals surface area contributed by atoms with Gasteiger partial charge in [-0.15, -0.1) is 0 Å². The van der Waals surface area contributed by atoms with Crippen molar-refractivity contribution in [2.75, 3.05) is 47.8 Å². The van der Waals surface area contributed by atoms with Crippen molar-refractivity contribution < 1.29 is 124 Å². The van der Waals surface area contributed by atoms with E-state index in [1.54, 1.807) is 0 Å². The Balaban J connectivity index is 0.825. The molecule has 0 amide bonds. The minimum atomic E-state index is -0.889. The molecule has 26 heteroatoms. The fraction of sp³-hybridized carbons (Fsp3) is 0.500. The van der Waals surface area contributed by atoms with Gasteiger partial charge in [0.15, 0.2) is 0 Å². The minimum absolute atomic E-state index is 0.0179. The summed E-state index contributed by atoms with van der Waals surface area (Å²) in [6.07, 6.45) is 8.88. The number of unbranched alkanes of at least 4 members (excludes halogenated alkanes) is 2. The highest BCUT2D eigenvalue weighted by atomic mass is 16.6. The third-order valence-electron chi connectivity index (χ3n) is 17.3. The predicted molar refractivity (Wildman–Crippen MR) is 332 cm³/mol. The van der Waals surface area contributed by atoms with Gasteiger partial charge in [-0.05, 0) is 183 Å². The van der Waals surface area contributed by atoms with Gasteiger partial charge >= 0.3 is 77.6 Å². The molecular weight excluding hydrogens is 1260 g/mol. The van der Waals surface area contributed by atoms with Crippen LogP contribution in [0, 0.1) is 47.3 Å². The third-order valence-corrected chi connectivity index (χ3v) is 17.3. The average molecular weight is 1340 g/mol. The summed E-state index contributed by atoms with van der Waals surface area (Å²) in [5, 5.41) is 0. The first-order valence-corrected chi connectivity index (χ1v) is 32.1. The normalized spacial score (nSPS) is 20.5. The van der Waals surface area contributed by atoms with Crippen LogP contribution in [0.2, 0.25) is 0 Å². The second-order valence-corrected chi connectivity index (χ2v) is 23.7. The fourth-order valence-corrected chi connectivity index (χ4v) is 11.7. The van der Waals surface area contributed by atoms with E-state index in [1.165, 1.54) is 54.6 Å².